The predicted molar refractivity (Wildman–Crippen MR) is 94.8 cm³/mol. The second kappa shape index (κ2) is 7.66. The number of ether oxygens (including phenoxy) is 1. The molecule has 9 nitrogen and oxygen atoms in total. The molecule has 0 bridgehead atoms. The fraction of sp³-hybridized carbons (Fsp3) is 0.250. The van der Waals surface area contributed by atoms with Crippen molar-refractivity contribution in [1.29, 1.82) is 0 Å². The number of nitrogen functional groups attached to an aromatic ring is 1. The maximum absolute atomic E-state index is 12.9. The van der Waals surface area contributed by atoms with E-state index in [-0.39, 0.29) is 42.3 Å². The van der Waals surface area contributed by atoms with Crippen molar-refractivity contribution in [3.63, 3.8) is 0 Å². The van der Waals surface area contributed by atoms with Crippen LogP contribution in [0.15, 0.2) is 35.7 Å². The first kappa shape index (κ1) is 18.7. The van der Waals surface area contributed by atoms with Crippen LogP contribution in [0, 0.1) is 11.7 Å². The molecule has 1 unspecified atom stereocenters. The van der Waals surface area contributed by atoms with Crippen molar-refractivity contribution in [2.24, 2.45) is 5.92 Å². The number of nitrogens with one attached hydrogen (secondary N) is 1. The summed E-state index contributed by atoms with van der Waals surface area (Å²) in [6.45, 7) is -0.243. The second-order valence-corrected chi connectivity index (χ2v) is 7.78. The molecule has 0 aliphatic carbocycles. The van der Waals surface area contributed by atoms with Gasteiger partial charge in [-0.05, 0) is 24.3 Å². The Hall–Kier alpha value is -3.08. The molecular formula is C16H16FN5O4S. The standard InChI is InChI=1S/C16H16FN5O4S/c17-11-1-3-12(4-2-11)19-16-21-13(20-15(18)22-16)8-26-14(23)7-10-5-6-27(24,25)9-10/h1-6,10H,7-9H2,(H3,18,19,20,21,22). The molecule has 1 aromatic carbocycles. The summed E-state index contributed by atoms with van der Waals surface area (Å²) >= 11 is 0. The van der Waals surface area contributed by atoms with Crippen molar-refractivity contribution < 1.29 is 22.3 Å². The molecule has 3 N–H and O–H groups in total. The quantitative estimate of drug-likeness (QED) is 0.696. The molecule has 142 valence electrons. The van der Waals surface area contributed by atoms with E-state index in [1.54, 1.807) is 0 Å². The van der Waals surface area contributed by atoms with Gasteiger partial charge in [-0.15, -0.1) is 0 Å². The van der Waals surface area contributed by atoms with E-state index >= 15 is 0 Å². The van der Waals surface area contributed by atoms with E-state index < -0.39 is 21.7 Å². The lowest BCUT2D eigenvalue weighted by Crippen LogP contribution is -2.15. The lowest BCUT2D eigenvalue weighted by atomic mass is 10.1. The van der Waals surface area contributed by atoms with Crippen LogP contribution in [0.2, 0.25) is 0 Å². The van der Waals surface area contributed by atoms with Gasteiger partial charge in [0.15, 0.2) is 22.3 Å². The number of anilines is 3. The molecule has 2 aromatic rings. The number of hydrogen-bond donors (Lipinski definition) is 2. The molecule has 0 fully saturated rings. The van der Waals surface area contributed by atoms with Crippen LogP contribution in [0.1, 0.15) is 12.2 Å². The molecule has 27 heavy (non-hydrogen) atoms. The SMILES string of the molecule is Nc1nc(COC(=O)CC2C=CS(=O)(=O)C2)nc(Nc2ccc(F)cc2)n1. The minimum atomic E-state index is -3.22. The van der Waals surface area contributed by atoms with E-state index in [2.05, 4.69) is 20.3 Å². The summed E-state index contributed by atoms with van der Waals surface area (Å²) in [7, 11) is -3.22. The Morgan fingerprint density at radius 3 is 2.67 bits per heavy atom. The Morgan fingerprint density at radius 2 is 2.00 bits per heavy atom. The summed E-state index contributed by atoms with van der Waals surface area (Å²) in [4.78, 5) is 23.8. The van der Waals surface area contributed by atoms with Crippen LogP contribution in [0.5, 0.6) is 0 Å². The number of nitrogens with two attached hydrogens (primary N) is 1. The molecule has 0 saturated carbocycles. The Balaban J connectivity index is 1.58. The molecule has 1 atom stereocenters. The van der Waals surface area contributed by atoms with Crippen LogP contribution < -0.4 is 11.1 Å². The van der Waals surface area contributed by atoms with E-state index in [4.69, 9.17) is 10.5 Å². The molecule has 1 aliphatic rings. The Kier molecular flexibility index (Phi) is 5.31. The van der Waals surface area contributed by atoms with Crippen molar-refractivity contribution in [3.8, 4) is 0 Å². The zero-order valence-corrected chi connectivity index (χ0v) is 14.8. The highest BCUT2D eigenvalue weighted by atomic mass is 32.2. The summed E-state index contributed by atoms with van der Waals surface area (Å²) in [6, 6.07) is 5.54. The molecule has 2 heterocycles. The van der Waals surface area contributed by atoms with Crippen molar-refractivity contribution in [2.75, 3.05) is 16.8 Å². The molecule has 0 spiro atoms. The maximum Gasteiger partial charge on any atom is 0.306 e. The number of carbonyl (C=O) groups excluding carboxylic acids is 1. The number of aromatic nitrogens is 3. The van der Waals surface area contributed by atoms with Gasteiger partial charge in [0.1, 0.15) is 5.82 Å². The van der Waals surface area contributed by atoms with E-state index in [1.165, 1.54) is 30.3 Å². The molecule has 3 rings (SSSR count). The number of halogens is 1. The smallest absolute Gasteiger partial charge is 0.306 e. The molecular weight excluding hydrogens is 377 g/mol. The minimum Gasteiger partial charge on any atom is -0.457 e. The number of nitrogens with zero attached hydrogens (tertiary/aromatic N) is 3. The molecule has 11 heteroatoms. The number of esters is 1. The lowest BCUT2D eigenvalue weighted by molar-refractivity contribution is -0.145. The van der Waals surface area contributed by atoms with E-state index in [9.17, 15) is 17.6 Å². The number of hydrogen-bond acceptors (Lipinski definition) is 9. The highest BCUT2D eigenvalue weighted by Gasteiger charge is 2.24. The number of allylic oxidation sites excluding steroid dienone is 1. The van der Waals surface area contributed by atoms with Gasteiger partial charge in [-0.25, -0.2) is 12.8 Å². The first-order chi connectivity index (χ1) is 12.8. The summed E-state index contributed by atoms with van der Waals surface area (Å²) in [5.41, 5.74) is 6.17. The fourth-order valence-corrected chi connectivity index (χ4v) is 3.80. The van der Waals surface area contributed by atoms with E-state index in [0.717, 1.165) is 5.41 Å². The van der Waals surface area contributed by atoms with Gasteiger partial charge >= 0.3 is 5.97 Å². The molecule has 0 saturated heterocycles. The third-order valence-corrected chi connectivity index (χ3v) is 5.06. The highest BCUT2D eigenvalue weighted by molar-refractivity contribution is 7.94. The summed E-state index contributed by atoms with van der Waals surface area (Å²) < 4.78 is 40.7. The number of rotatable bonds is 6. The van der Waals surface area contributed by atoms with Gasteiger partial charge in [0.25, 0.3) is 0 Å². The monoisotopic (exact) mass is 393 g/mol. The summed E-state index contributed by atoms with van der Waals surface area (Å²) in [6.07, 6.45) is 1.42. The van der Waals surface area contributed by atoms with Crippen LogP contribution in [0.25, 0.3) is 0 Å². The molecule has 0 amide bonds. The van der Waals surface area contributed by atoms with Gasteiger partial charge in [-0.3, -0.25) is 4.79 Å². The summed E-state index contributed by atoms with van der Waals surface area (Å²) in [5, 5.41) is 3.94. The fourth-order valence-electron chi connectivity index (χ4n) is 2.41. The Labute approximate surface area is 154 Å². The van der Waals surface area contributed by atoms with Gasteiger partial charge in [0.2, 0.25) is 11.9 Å². The Bertz CT molecular complexity index is 979. The van der Waals surface area contributed by atoms with Crippen LogP contribution in [0.4, 0.5) is 22.0 Å². The third kappa shape index (κ3) is 5.45. The van der Waals surface area contributed by atoms with Gasteiger partial charge in [-0.1, -0.05) is 6.08 Å². The minimum absolute atomic E-state index is 0.0585. The molecule has 1 aliphatic heterocycles. The zero-order chi connectivity index (χ0) is 19.4. The molecule has 0 radical (unpaired) electrons. The van der Waals surface area contributed by atoms with Crippen LogP contribution in [-0.4, -0.2) is 35.1 Å². The average Bonchev–Trinajstić information content (AvgIpc) is 2.93. The highest BCUT2D eigenvalue weighted by Crippen LogP contribution is 2.19. The topological polar surface area (TPSA) is 137 Å². The average molecular weight is 393 g/mol. The van der Waals surface area contributed by atoms with Gasteiger partial charge in [0, 0.05) is 17.0 Å². The number of benzene rings is 1. The lowest BCUT2D eigenvalue weighted by Gasteiger charge is -2.09. The van der Waals surface area contributed by atoms with E-state index in [0.29, 0.717) is 5.69 Å². The van der Waals surface area contributed by atoms with Gasteiger partial charge < -0.3 is 15.8 Å². The first-order valence-electron chi connectivity index (χ1n) is 7.89. The maximum atomic E-state index is 12.9. The number of carbonyl (C=O) groups is 1. The van der Waals surface area contributed by atoms with Crippen molar-refractivity contribution in [1.82, 2.24) is 15.0 Å². The third-order valence-electron chi connectivity index (χ3n) is 3.59. The van der Waals surface area contributed by atoms with Gasteiger partial charge in [-0.2, -0.15) is 15.0 Å². The summed E-state index contributed by atoms with van der Waals surface area (Å²) in [5.74, 6) is -1.30. The molecule has 1 aromatic heterocycles. The van der Waals surface area contributed by atoms with E-state index in [1.807, 2.05) is 0 Å². The van der Waals surface area contributed by atoms with Crippen molar-refractivity contribution >= 4 is 33.4 Å². The van der Waals surface area contributed by atoms with Crippen LogP contribution in [0.3, 0.4) is 0 Å². The van der Waals surface area contributed by atoms with Crippen LogP contribution >= 0.6 is 0 Å². The second-order valence-electron chi connectivity index (χ2n) is 5.85. The normalized spacial score (nSPS) is 17.6. The first-order valence-corrected chi connectivity index (χ1v) is 9.60. The van der Waals surface area contributed by atoms with Crippen molar-refractivity contribution in [3.05, 3.63) is 47.4 Å². The van der Waals surface area contributed by atoms with Crippen LogP contribution in [-0.2, 0) is 26.0 Å². The largest absolute Gasteiger partial charge is 0.457 e. The number of sulfone groups is 1. The predicted octanol–water partition coefficient (Wildman–Crippen LogP) is 1.33. The Morgan fingerprint density at radius 1 is 1.26 bits per heavy atom. The van der Waals surface area contributed by atoms with Gasteiger partial charge in [0.05, 0.1) is 12.2 Å². The van der Waals surface area contributed by atoms with Crippen molar-refractivity contribution in [2.45, 2.75) is 13.0 Å². The zero-order valence-electron chi connectivity index (χ0n) is 14.0.